The zero-order valence-corrected chi connectivity index (χ0v) is 17.5. The Bertz CT molecular complexity index is 915. The average molecular weight is 394 g/mol. The summed E-state index contributed by atoms with van der Waals surface area (Å²) in [5.74, 6) is 0.770. The largest absolute Gasteiger partial charge is 0.354 e. The molecule has 1 aliphatic carbocycles. The first-order valence-corrected chi connectivity index (χ1v) is 10.8. The summed E-state index contributed by atoms with van der Waals surface area (Å²) < 4.78 is 0. The van der Waals surface area contributed by atoms with Crippen LogP contribution in [0.4, 0.5) is 0 Å². The Balaban J connectivity index is 1.44. The van der Waals surface area contributed by atoms with Crippen LogP contribution in [0.25, 0.3) is 0 Å². The molecule has 1 aromatic heterocycles. The number of aromatic amines is 1. The molecule has 1 aliphatic heterocycles. The molecule has 0 radical (unpaired) electrons. The van der Waals surface area contributed by atoms with Gasteiger partial charge in [-0.2, -0.15) is 0 Å². The first kappa shape index (κ1) is 19.9. The highest BCUT2D eigenvalue weighted by molar-refractivity contribution is 6.04. The molecule has 5 nitrogen and oxygen atoms in total. The van der Waals surface area contributed by atoms with E-state index in [0.29, 0.717) is 18.7 Å². The molecule has 154 valence electrons. The summed E-state index contributed by atoms with van der Waals surface area (Å²) >= 11 is 0. The Labute approximate surface area is 172 Å². The topological polar surface area (TPSA) is 65.2 Å². The van der Waals surface area contributed by atoms with Gasteiger partial charge in [-0.05, 0) is 61.8 Å². The Morgan fingerprint density at radius 1 is 1.21 bits per heavy atom. The van der Waals surface area contributed by atoms with E-state index < -0.39 is 0 Å². The lowest BCUT2D eigenvalue weighted by molar-refractivity contribution is 0.0944. The lowest BCUT2D eigenvalue weighted by atomic mass is 9.94. The molecule has 1 amide bonds. The van der Waals surface area contributed by atoms with Gasteiger partial charge in [0.2, 0.25) is 0 Å². The van der Waals surface area contributed by atoms with Crippen molar-refractivity contribution in [2.75, 3.05) is 13.1 Å². The molecule has 0 spiro atoms. The molecule has 1 fully saturated rings. The lowest BCUT2D eigenvalue weighted by Crippen LogP contribution is -2.34. The number of amides is 1. The zero-order valence-electron chi connectivity index (χ0n) is 17.5. The number of nitrogens with one attached hydrogen (secondary N) is 2. The Morgan fingerprint density at radius 2 is 2.00 bits per heavy atom. The second-order valence-corrected chi connectivity index (χ2v) is 8.69. The number of piperidine rings is 1. The van der Waals surface area contributed by atoms with Crippen LogP contribution in [0.15, 0.2) is 24.3 Å². The van der Waals surface area contributed by atoms with Crippen molar-refractivity contribution >= 4 is 11.7 Å². The van der Waals surface area contributed by atoms with Crippen LogP contribution in [0.1, 0.15) is 75.8 Å². The predicted octanol–water partition coefficient (Wildman–Crippen LogP) is 4.00. The van der Waals surface area contributed by atoms with Gasteiger partial charge in [-0.3, -0.25) is 14.5 Å². The average Bonchev–Trinajstić information content (AvgIpc) is 3.05. The fraction of sp³-hybridized carbons (Fsp3) is 0.500. The van der Waals surface area contributed by atoms with Crippen molar-refractivity contribution in [1.29, 1.82) is 0 Å². The van der Waals surface area contributed by atoms with Gasteiger partial charge in [0.15, 0.2) is 5.78 Å². The molecule has 1 unspecified atom stereocenters. The molecular formula is C24H31N3O2. The van der Waals surface area contributed by atoms with Crippen LogP contribution in [0.3, 0.4) is 0 Å². The summed E-state index contributed by atoms with van der Waals surface area (Å²) in [5, 5.41) is 3.07. The zero-order chi connectivity index (χ0) is 20.4. The SMILES string of the molecule is Cc1c(C(=O)NCc2ccccc2CN2CCCC(C)C2)[nH]c2c1C(=O)CCC2. The number of nitrogens with zero attached hydrogens (tertiary/aromatic N) is 1. The van der Waals surface area contributed by atoms with E-state index in [1.54, 1.807) is 0 Å². The molecule has 1 aromatic carbocycles. The van der Waals surface area contributed by atoms with Crippen molar-refractivity contribution in [2.24, 2.45) is 5.92 Å². The van der Waals surface area contributed by atoms with Gasteiger partial charge in [-0.1, -0.05) is 31.2 Å². The van der Waals surface area contributed by atoms with E-state index >= 15 is 0 Å². The van der Waals surface area contributed by atoms with Gasteiger partial charge in [0, 0.05) is 37.3 Å². The number of H-pyrrole nitrogens is 1. The first-order valence-electron chi connectivity index (χ1n) is 10.8. The number of likely N-dealkylation sites (tertiary alicyclic amines) is 1. The van der Waals surface area contributed by atoms with Gasteiger partial charge in [0.05, 0.1) is 0 Å². The minimum absolute atomic E-state index is 0.133. The molecule has 0 bridgehead atoms. The van der Waals surface area contributed by atoms with Gasteiger partial charge >= 0.3 is 0 Å². The number of fused-ring (bicyclic) bond motifs is 1. The van der Waals surface area contributed by atoms with Gasteiger partial charge < -0.3 is 10.3 Å². The minimum Gasteiger partial charge on any atom is -0.354 e. The van der Waals surface area contributed by atoms with Crippen molar-refractivity contribution < 1.29 is 9.59 Å². The fourth-order valence-electron chi connectivity index (χ4n) is 4.82. The van der Waals surface area contributed by atoms with E-state index in [9.17, 15) is 9.59 Å². The van der Waals surface area contributed by atoms with Crippen molar-refractivity contribution in [1.82, 2.24) is 15.2 Å². The van der Waals surface area contributed by atoms with Gasteiger partial charge in [0.1, 0.15) is 5.69 Å². The van der Waals surface area contributed by atoms with Gasteiger partial charge in [0.25, 0.3) is 5.91 Å². The number of Topliss-reactive ketones (excluding diaryl/α,β-unsaturated/α-hetero) is 1. The molecule has 2 N–H and O–H groups in total. The monoisotopic (exact) mass is 393 g/mol. The minimum atomic E-state index is -0.133. The number of aromatic nitrogens is 1. The van der Waals surface area contributed by atoms with Crippen LogP contribution in [0, 0.1) is 12.8 Å². The molecule has 0 saturated carbocycles. The summed E-state index contributed by atoms with van der Waals surface area (Å²) in [7, 11) is 0. The van der Waals surface area contributed by atoms with Gasteiger partial charge in [-0.15, -0.1) is 0 Å². The second-order valence-electron chi connectivity index (χ2n) is 8.69. The Hall–Kier alpha value is -2.40. The third-order valence-electron chi connectivity index (χ3n) is 6.36. The quantitative estimate of drug-likeness (QED) is 0.807. The van der Waals surface area contributed by atoms with Crippen LogP contribution < -0.4 is 5.32 Å². The fourth-order valence-corrected chi connectivity index (χ4v) is 4.82. The maximum Gasteiger partial charge on any atom is 0.268 e. The molecular weight excluding hydrogens is 362 g/mol. The molecule has 1 saturated heterocycles. The van der Waals surface area contributed by atoms with E-state index in [1.165, 1.54) is 18.4 Å². The molecule has 2 heterocycles. The maximum atomic E-state index is 12.8. The third-order valence-corrected chi connectivity index (χ3v) is 6.36. The summed E-state index contributed by atoms with van der Waals surface area (Å²) in [6, 6.07) is 8.36. The number of hydrogen-bond donors (Lipinski definition) is 2. The number of carbonyl (C=O) groups excluding carboxylic acids is 2. The third kappa shape index (κ3) is 4.30. The second kappa shape index (κ2) is 8.54. The highest BCUT2D eigenvalue weighted by atomic mass is 16.2. The number of benzene rings is 1. The number of ketones is 1. The summed E-state index contributed by atoms with van der Waals surface area (Å²) in [5.41, 5.74) is 5.42. The number of hydrogen-bond acceptors (Lipinski definition) is 3. The Morgan fingerprint density at radius 3 is 2.76 bits per heavy atom. The Kier molecular flexibility index (Phi) is 5.86. The summed E-state index contributed by atoms with van der Waals surface area (Å²) in [6.07, 6.45) is 4.85. The molecule has 29 heavy (non-hydrogen) atoms. The van der Waals surface area contributed by atoms with E-state index in [2.05, 4.69) is 40.3 Å². The molecule has 4 rings (SSSR count). The molecule has 2 aromatic rings. The van der Waals surface area contributed by atoms with Crippen LogP contribution >= 0.6 is 0 Å². The van der Waals surface area contributed by atoms with E-state index in [1.807, 2.05) is 13.0 Å². The molecule has 1 atom stereocenters. The summed E-state index contributed by atoms with van der Waals surface area (Å²) in [6.45, 7) is 7.91. The highest BCUT2D eigenvalue weighted by Crippen LogP contribution is 2.26. The van der Waals surface area contributed by atoms with E-state index in [-0.39, 0.29) is 11.7 Å². The van der Waals surface area contributed by atoms with Crippen molar-refractivity contribution in [3.05, 3.63) is 57.9 Å². The van der Waals surface area contributed by atoms with Crippen LogP contribution in [-0.2, 0) is 19.5 Å². The molecule has 5 heteroatoms. The lowest BCUT2D eigenvalue weighted by Gasteiger charge is -2.31. The predicted molar refractivity (Wildman–Crippen MR) is 114 cm³/mol. The maximum absolute atomic E-state index is 12.8. The van der Waals surface area contributed by atoms with Gasteiger partial charge in [-0.25, -0.2) is 0 Å². The summed E-state index contributed by atoms with van der Waals surface area (Å²) in [4.78, 5) is 30.8. The first-order chi connectivity index (χ1) is 14.0. The van der Waals surface area contributed by atoms with Crippen molar-refractivity contribution in [3.8, 4) is 0 Å². The standard InChI is InChI=1S/C24H31N3O2/c1-16-7-6-12-27(14-16)15-19-9-4-3-8-18(19)13-25-24(29)23-17(2)22-20(26-23)10-5-11-21(22)28/h3-4,8-9,16,26H,5-7,10-15H2,1-2H3,(H,25,29). The normalized spacial score (nSPS) is 19.8. The van der Waals surface area contributed by atoms with Crippen molar-refractivity contribution in [3.63, 3.8) is 0 Å². The van der Waals surface area contributed by atoms with E-state index in [0.717, 1.165) is 60.8 Å². The van der Waals surface area contributed by atoms with E-state index in [4.69, 9.17) is 0 Å². The van der Waals surface area contributed by atoms with Crippen LogP contribution in [-0.4, -0.2) is 34.7 Å². The van der Waals surface area contributed by atoms with Crippen LogP contribution in [0.5, 0.6) is 0 Å². The highest BCUT2D eigenvalue weighted by Gasteiger charge is 2.26. The number of rotatable bonds is 5. The van der Waals surface area contributed by atoms with Crippen LogP contribution in [0.2, 0.25) is 0 Å². The smallest absolute Gasteiger partial charge is 0.268 e. The molecule has 2 aliphatic rings. The number of aryl methyl sites for hydroxylation is 1. The van der Waals surface area contributed by atoms with Crippen molar-refractivity contribution in [2.45, 2.75) is 59.0 Å². The number of carbonyl (C=O) groups is 2.